The van der Waals surface area contributed by atoms with Gasteiger partial charge in [0, 0.05) is 31.0 Å². The van der Waals surface area contributed by atoms with Crippen molar-refractivity contribution in [2.75, 3.05) is 13.1 Å². The molecule has 11 heteroatoms. The number of rotatable bonds is 6. The van der Waals surface area contributed by atoms with Crippen LogP contribution in [-0.2, 0) is 22.7 Å². The molecule has 1 N–H and O–H groups in total. The molecule has 0 radical (unpaired) electrons. The minimum atomic E-state index is -4.58. The van der Waals surface area contributed by atoms with Crippen LogP contribution in [0.4, 0.5) is 13.2 Å². The van der Waals surface area contributed by atoms with Crippen molar-refractivity contribution in [3.63, 3.8) is 0 Å². The Morgan fingerprint density at radius 3 is 2.30 bits per heavy atom. The Morgan fingerprint density at radius 1 is 0.973 bits per heavy atom. The summed E-state index contributed by atoms with van der Waals surface area (Å²) < 4.78 is 67.6. The van der Waals surface area contributed by atoms with Gasteiger partial charge in [0.25, 0.3) is 11.5 Å². The van der Waals surface area contributed by atoms with E-state index in [9.17, 15) is 31.2 Å². The van der Waals surface area contributed by atoms with Gasteiger partial charge in [0.1, 0.15) is 5.56 Å². The second-order valence-corrected chi connectivity index (χ2v) is 10.8. The number of hydrogen-bond acceptors (Lipinski definition) is 4. The van der Waals surface area contributed by atoms with E-state index in [-0.39, 0.29) is 22.7 Å². The van der Waals surface area contributed by atoms with E-state index in [2.05, 4.69) is 5.32 Å². The van der Waals surface area contributed by atoms with E-state index >= 15 is 0 Å². The average molecular weight is 534 g/mol. The standard InChI is InChI=1S/C26H26F3N3O4S/c1-18-8-13-23(25(34)32(18)21-7-5-6-20(16-21)26(27,28)29)24(33)30-17-19-9-11-22(12-10-19)37(35,36)31-14-3-2-4-15-31/h5-13,16H,2-4,14-15,17H2,1H3,(H,30,33). The molecule has 0 bridgehead atoms. The molecule has 1 saturated heterocycles. The van der Waals surface area contributed by atoms with Gasteiger partial charge in [-0.2, -0.15) is 17.5 Å². The Labute approximate surface area is 212 Å². The van der Waals surface area contributed by atoms with Crippen LogP contribution in [0.1, 0.15) is 46.4 Å². The van der Waals surface area contributed by atoms with E-state index in [0.717, 1.165) is 36.0 Å². The zero-order chi connectivity index (χ0) is 26.8. The van der Waals surface area contributed by atoms with Gasteiger partial charge in [0.05, 0.1) is 10.5 Å². The highest BCUT2D eigenvalue weighted by molar-refractivity contribution is 7.89. The summed E-state index contributed by atoms with van der Waals surface area (Å²) in [6.07, 6.45) is -1.91. The molecule has 1 fully saturated rings. The number of piperidine rings is 1. The number of halogens is 3. The lowest BCUT2D eigenvalue weighted by molar-refractivity contribution is -0.137. The van der Waals surface area contributed by atoms with Crippen molar-refractivity contribution in [1.29, 1.82) is 0 Å². The van der Waals surface area contributed by atoms with Crippen molar-refractivity contribution in [2.24, 2.45) is 0 Å². The number of nitrogens with one attached hydrogen (secondary N) is 1. The lowest BCUT2D eigenvalue weighted by Gasteiger charge is -2.25. The van der Waals surface area contributed by atoms with Crippen LogP contribution in [0.3, 0.4) is 0 Å². The van der Waals surface area contributed by atoms with Crippen LogP contribution in [0.2, 0.25) is 0 Å². The minimum Gasteiger partial charge on any atom is -0.348 e. The lowest BCUT2D eigenvalue weighted by Crippen LogP contribution is -2.35. The first kappa shape index (κ1) is 26.6. The Balaban J connectivity index is 1.50. The minimum absolute atomic E-state index is 0.00233. The Morgan fingerprint density at radius 2 is 1.65 bits per heavy atom. The SMILES string of the molecule is Cc1ccc(C(=O)NCc2ccc(S(=O)(=O)N3CCCCC3)cc2)c(=O)n1-c1cccc(C(F)(F)F)c1. The quantitative estimate of drug-likeness (QED) is 0.513. The summed E-state index contributed by atoms with van der Waals surface area (Å²) in [5.74, 6) is -0.698. The maximum Gasteiger partial charge on any atom is 0.416 e. The Kier molecular flexibility index (Phi) is 7.56. The summed E-state index contributed by atoms with van der Waals surface area (Å²) in [5, 5.41) is 2.62. The van der Waals surface area contributed by atoms with Crippen LogP contribution in [-0.4, -0.2) is 36.3 Å². The average Bonchev–Trinajstić information content (AvgIpc) is 2.88. The van der Waals surface area contributed by atoms with E-state index in [0.29, 0.717) is 24.3 Å². The van der Waals surface area contributed by atoms with E-state index in [4.69, 9.17) is 0 Å². The molecule has 1 amide bonds. The zero-order valence-corrected chi connectivity index (χ0v) is 20.9. The molecule has 7 nitrogen and oxygen atoms in total. The van der Waals surface area contributed by atoms with Gasteiger partial charge in [-0.05, 0) is 67.8 Å². The molecule has 1 aliphatic rings. The monoisotopic (exact) mass is 533 g/mol. The van der Waals surface area contributed by atoms with Crippen molar-refractivity contribution >= 4 is 15.9 Å². The predicted molar refractivity (Wildman–Crippen MR) is 132 cm³/mol. The smallest absolute Gasteiger partial charge is 0.348 e. The first-order valence-electron chi connectivity index (χ1n) is 11.8. The number of aromatic nitrogens is 1. The molecule has 0 atom stereocenters. The lowest BCUT2D eigenvalue weighted by atomic mass is 10.1. The normalized spacial score (nSPS) is 14.9. The number of carbonyl (C=O) groups excluding carboxylic acids is 1. The van der Waals surface area contributed by atoms with Crippen LogP contribution >= 0.6 is 0 Å². The van der Waals surface area contributed by atoms with E-state index < -0.39 is 33.2 Å². The summed E-state index contributed by atoms with van der Waals surface area (Å²) in [5.41, 5.74) is -0.899. The van der Waals surface area contributed by atoms with Crippen LogP contribution in [0.15, 0.2) is 70.4 Å². The van der Waals surface area contributed by atoms with Gasteiger partial charge in [-0.15, -0.1) is 0 Å². The van der Waals surface area contributed by atoms with Crippen LogP contribution in [0.5, 0.6) is 0 Å². The summed E-state index contributed by atoms with van der Waals surface area (Å²) in [7, 11) is -3.57. The molecule has 1 aliphatic heterocycles. The first-order valence-corrected chi connectivity index (χ1v) is 13.2. The predicted octanol–water partition coefficient (Wildman–Crippen LogP) is 4.27. The number of aryl methyl sites for hydroxylation is 1. The van der Waals surface area contributed by atoms with Gasteiger partial charge < -0.3 is 5.32 Å². The molecule has 0 saturated carbocycles. The number of amides is 1. The third-order valence-electron chi connectivity index (χ3n) is 6.28. The fourth-order valence-electron chi connectivity index (χ4n) is 4.26. The molecule has 3 aromatic rings. The highest BCUT2D eigenvalue weighted by atomic mass is 32.2. The molecule has 2 aromatic carbocycles. The van der Waals surface area contributed by atoms with Crippen LogP contribution < -0.4 is 10.9 Å². The number of alkyl halides is 3. The molecular weight excluding hydrogens is 507 g/mol. The van der Waals surface area contributed by atoms with Gasteiger partial charge in [0.15, 0.2) is 0 Å². The van der Waals surface area contributed by atoms with Gasteiger partial charge in [0.2, 0.25) is 10.0 Å². The Hall–Kier alpha value is -3.44. The Bertz CT molecular complexity index is 1460. The number of benzene rings is 2. The number of carbonyl (C=O) groups is 1. The second-order valence-electron chi connectivity index (χ2n) is 8.87. The van der Waals surface area contributed by atoms with Crippen LogP contribution in [0.25, 0.3) is 5.69 Å². The summed E-state index contributed by atoms with van der Waals surface area (Å²) in [4.78, 5) is 26.0. The largest absolute Gasteiger partial charge is 0.416 e. The molecule has 37 heavy (non-hydrogen) atoms. The summed E-state index contributed by atoms with van der Waals surface area (Å²) in [6.45, 7) is 2.58. The van der Waals surface area contributed by atoms with Crippen molar-refractivity contribution in [3.05, 3.63) is 93.4 Å². The van der Waals surface area contributed by atoms with Crippen molar-refractivity contribution < 1.29 is 26.4 Å². The number of nitrogens with zero attached hydrogens (tertiary/aromatic N) is 2. The summed E-state index contributed by atoms with van der Waals surface area (Å²) >= 11 is 0. The third-order valence-corrected chi connectivity index (χ3v) is 8.20. The highest BCUT2D eigenvalue weighted by Gasteiger charge is 2.31. The van der Waals surface area contributed by atoms with Crippen molar-refractivity contribution in [3.8, 4) is 5.69 Å². The summed E-state index contributed by atoms with van der Waals surface area (Å²) in [6, 6.07) is 13.3. The molecular formula is C26H26F3N3O4S. The molecule has 0 unspecified atom stereocenters. The fourth-order valence-corrected chi connectivity index (χ4v) is 5.77. The number of pyridine rings is 1. The molecule has 2 heterocycles. The van der Waals surface area contributed by atoms with Gasteiger partial charge >= 0.3 is 6.18 Å². The van der Waals surface area contributed by atoms with E-state index in [1.165, 1.54) is 40.7 Å². The van der Waals surface area contributed by atoms with Gasteiger partial charge in [-0.3, -0.25) is 14.2 Å². The molecule has 196 valence electrons. The second kappa shape index (κ2) is 10.5. The van der Waals surface area contributed by atoms with E-state index in [1.807, 2.05) is 0 Å². The van der Waals surface area contributed by atoms with Crippen molar-refractivity contribution in [2.45, 2.75) is 43.8 Å². The third kappa shape index (κ3) is 5.78. The molecule has 0 spiro atoms. The van der Waals surface area contributed by atoms with Crippen molar-refractivity contribution in [1.82, 2.24) is 14.2 Å². The van der Waals surface area contributed by atoms with E-state index in [1.54, 1.807) is 19.1 Å². The molecule has 0 aliphatic carbocycles. The molecule has 1 aromatic heterocycles. The van der Waals surface area contributed by atoms with Crippen LogP contribution in [0, 0.1) is 6.92 Å². The van der Waals surface area contributed by atoms with Gasteiger partial charge in [-0.1, -0.05) is 24.6 Å². The first-order chi connectivity index (χ1) is 17.5. The maximum absolute atomic E-state index is 13.2. The topological polar surface area (TPSA) is 88.5 Å². The highest BCUT2D eigenvalue weighted by Crippen LogP contribution is 2.30. The fraction of sp³-hybridized carbons (Fsp3) is 0.308. The zero-order valence-electron chi connectivity index (χ0n) is 20.1. The van der Waals surface area contributed by atoms with Gasteiger partial charge in [-0.25, -0.2) is 8.42 Å². The molecule has 4 rings (SSSR count). The maximum atomic E-state index is 13.2. The number of sulfonamides is 1. The number of hydrogen-bond donors (Lipinski definition) is 1.